The van der Waals surface area contributed by atoms with Gasteiger partial charge in [0.15, 0.2) is 5.43 Å². The molecule has 2 aromatic carbocycles. The van der Waals surface area contributed by atoms with E-state index in [9.17, 15) is 25.2 Å². The average Bonchev–Trinajstić information content (AvgIpc) is 2.80. The van der Waals surface area contributed by atoms with E-state index in [0.717, 1.165) is 0 Å². The zero-order valence-corrected chi connectivity index (χ0v) is 16.5. The first-order chi connectivity index (χ1) is 14.9. The highest BCUT2D eigenvalue weighted by Gasteiger charge is 2.44. The summed E-state index contributed by atoms with van der Waals surface area (Å²) in [5, 5.41) is 39.5. The van der Waals surface area contributed by atoms with Crippen LogP contribution in [0.4, 0.5) is 0 Å². The molecule has 0 unspecified atom stereocenters. The molecule has 9 nitrogen and oxygen atoms in total. The van der Waals surface area contributed by atoms with Crippen LogP contribution in [0.2, 0.25) is 0 Å². The van der Waals surface area contributed by atoms with E-state index < -0.39 is 37.3 Å². The Morgan fingerprint density at radius 3 is 2.35 bits per heavy atom. The zero-order valence-electron chi connectivity index (χ0n) is 16.5. The zero-order chi connectivity index (χ0) is 22.1. The molecule has 0 radical (unpaired) electrons. The Hall–Kier alpha value is -2.95. The summed E-state index contributed by atoms with van der Waals surface area (Å²) < 4.78 is 21.7. The Kier molecular flexibility index (Phi) is 5.94. The molecule has 1 aliphatic rings. The minimum Gasteiger partial charge on any atom is -0.497 e. The van der Waals surface area contributed by atoms with E-state index in [1.807, 2.05) is 0 Å². The number of hydrogen-bond donors (Lipinski definition) is 4. The molecule has 0 saturated carbocycles. The second-order valence-corrected chi connectivity index (χ2v) is 7.18. The molecule has 1 saturated heterocycles. The van der Waals surface area contributed by atoms with Crippen molar-refractivity contribution in [1.29, 1.82) is 0 Å². The smallest absolute Gasteiger partial charge is 0.229 e. The van der Waals surface area contributed by atoms with Gasteiger partial charge in [-0.15, -0.1) is 0 Å². The third-order valence-corrected chi connectivity index (χ3v) is 5.25. The largest absolute Gasteiger partial charge is 0.497 e. The van der Waals surface area contributed by atoms with Gasteiger partial charge in [0.1, 0.15) is 47.8 Å². The van der Waals surface area contributed by atoms with E-state index >= 15 is 0 Å². The van der Waals surface area contributed by atoms with Crippen molar-refractivity contribution in [3.63, 3.8) is 0 Å². The summed E-state index contributed by atoms with van der Waals surface area (Å²) in [5.74, 6) is 0.876. The van der Waals surface area contributed by atoms with Crippen molar-refractivity contribution in [3.8, 4) is 22.6 Å². The molecule has 3 aromatic rings. The molecule has 1 aliphatic heterocycles. The first-order valence-electron chi connectivity index (χ1n) is 9.60. The molecule has 31 heavy (non-hydrogen) atoms. The van der Waals surface area contributed by atoms with E-state index in [1.165, 1.54) is 24.5 Å². The Morgan fingerprint density at radius 2 is 1.68 bits per heavy atom. The molecular formula is C22H22O9. The van der Waals surface area contributed by atoms with E-state index in [1.54, 1.807) is 31.4 Å². The van der Waals surface area contributed by atoms with E-state index in [0.29, 0.717) is 22.3 Å². The molecular weight excluding hydrogens is 408 g/mol. The van der Waals surface area contributed by atoms with Crippen LogP contribution in [0.5, 0.6) is 11.5 Å². The summed E-state index contributed by atoms with van der Waals surface area (Å²) in [5.41, 5.74) is 1.09. The predicted octanol–water partition coefficient (Wildman–Crippen LogP) is 0.647. The summed E-state index contributed by atoms with van der Waals surface area (Å²) in [6, 6.07) is 11.5. The molecule has 4 N–H and O–H groups in total. The topological polar surface area (TPSA) is 139 Å². The van der Waals surface area contributed by atoms with Gasteiger partial charge in [-0.2, -0.15) is 0 Å². The molecule has 1 fully saturated rings. The fraction of sp³-hybridized carbons (Fsp3) is 0.318. The molecule has 0 bridgehead atoms. The first kappa shape index (κ1) is 21.3. The van der Waals surface area contributed by atoms with Gasteiger partial charge in [-0.05, 0) is 29.8 Å². The van der Waals surface area contributed by atoms with Crippen molar-refractivity contribution in [2.45, 2.75) is 30.7 Å². The van der Waals surface area contributed by atoms with Gasteiger partial charge in [-0.3, -0.25) is 4.79 Å². The van der Waals surface area contributed by atoms with Crippen LogP contribution in [-0.4, -0.2) is 64.8 Å². The predicted molar refractivity (Wildman–Crippen MR) is 109 cm³/mol. The van der Waals surface area contributed by atoms with Crippen molar-refractivity contribution in [2.24, 2.45) is 0 Å². The maximum Gasteiger partial charge on any atom is 0.229 e. The third-order valence-electron chi connectivity index (χ3n) is 5.25. The lowest BCUT2D eigenvalue weighted by molar-refractivity contribution is -0.277. The number of fused-ring (bicyclic) bond motifs is 1. The minimum absolute atomic E-state index is 0.206. The molecule has 0 aliphatic carbocycles. The monoisotopic (exact) mass is 430 g/mol. The van der Waals surface area contributed by atoms with Crippen molar-refractivity contribution in [3.05, 3.63) is 59.0 Å². The van der Waals surface area contributed by atoms with Gasteiger partial charge in [0.25, 0.3) is 0 Å². The SMILES string of the molecule is COc1ccc(-c2coc3cc(O[C@H]4O[C@H](CO)[C@@H](O)[C@@H](O)[C@@H]4O)ccc3c2=O)cc1. The molecule has 2 heterocycles. The lowest BCUT2D eigenvalue weighted by atomic mass is 9.99. The van der Waals surface area contributed by atoms with Gasteiger partial charge in [0, 0.05) is 6.07 Å². The van der Waals surface area contributed by atoms with Crippen LogP contribution in [0, 0.1) is 0 Å². The molecule has 0 amide bonds. The van der Waals surface area contributed by atoms with Crippen molar-refractivity contribution in [2.75, 3.05) is 13.7 Å². The summed E-state index contributed by atoms with van der Waals surface area (Å²) in [6.45, 7) is -0.564. The van der Waals surface area contributed by atoms with Gasteiger partial charge < -0.3 is 39.1 Å². The van der Waals surface area contributed by atoms with Crippen LogP contribution in [0.25, 0.3) is 22.1 Å². The van der Waals surface area contributed by atoms with Gasteiger partial charge in [-0.1, -0.05) is 12.1 Å². The number of aliphatic hydroxyl groups is 4. The van der Waals surface area contributed by atoms with Crippen LogP contribution in [0.1, 0.15) is 0 Å². The Bertz CT molecular complexity index is 1110. The van der Waals surface area contributed by atoms with Crippen molar-refractivity contribution in [1.82, 2.24) is 0 Å². The van der Waals surface area contributed by atoms with Crippen LogP contribution < -0.4 is 14.9 Å². The Labute approximate surface area is 176 Å². The van der Waals surface area contributed by atoms with E-state index in [4.69, 9.17) is 18.6 Å². The highest BCUT2D eigenvalue weighted by atomic mass is 16.7. The van der Waals surface area contributed by atoms with Gasteiger partial charge in [0.2, 0.25) is 6.29 Å². The van der Waals surface area contributed by atoms with E-state index in [-0.39, 0.29) is 16.8 Å². The number of benzene rings is 2. The van der Waals surface area contributed by atoms with E-state index in [2.05, 4.69) is 0 Å². The Balaban J connectivity index is 1.61. The molecule has 1 aromatic heterocycles. The molecule has 9 heteroatoms. The molecule has 0 spiro atoms. The van der Waals surface area contributed by atoms with Crippen LogP contribution >= 0.6 is 0 Å². The van der Waals surface area contributed by atoms with Crippen LogP contribution in [-0.2, 0) is 4.74 Å². The first-order valence-corrected chi connectivity index (χ1v) is 9.60. The fourth-order valence-corrected chi connectivity index (χ4v) is 3.45. The second-order valence-electron chi connectivity index (χ2n) is 7.18. The molecule has 4 rings (SSSR count). The van der Waals surface area contributed by atoms with Gasteiger partial charge in [-0.25, -0.2) is 0 Å². The van der Waals surface area contributed by atoms with Gasteiger partial charge >= 0.3 is 0 Å². The number of ether oxygens (including phenoxy) is 3. The summed E-state index contributed by atoms with van der Waals surface area (Å²) in [4.78, 5) is 12.9. The lowest BCUT2D eigenvalue weighted by Crippen LogP contribution is -2.60. The normalized spacial score (nSPS) is 26.0. The van der Waals surface area contributed by atoms with Crippen LogP contribution in [0.3, 0.4) is 0 Å². The number of aliphatic hydroxyl groups excluding tert-OH is 4. The highest BCUT2D eigenvalue weighted by Crippen LogP contribution is 2.28. The number of methoxy groups -OCH3 is 1. The maximum absolute atomic E-state index is 12.9. The lowest BCUT2D eigenvalue weighted by Gasteiger charge is -2.39. The number of rotatable bonds is 5. The fourth-order valence-electron chi connectivity index (χ4n) is 3.45. The van der Waals surface area contributed by atoms with Gasteiger partial charge in [0.05, 0.1) is 24.7 Å². The van der Waals surface area contributed by atoms with Crippen molar-refractivity contribution < 1.29 is 39.1 Å². The van der Waals surface area contributed by atoms with Crippen molar-refractivity contribution >= 4 is 11.0 Å². The second kappa shape index (κ2) is 8.66. The summed E-state index contributed by atoms with van der Waals surface area (Å²) in [6.07, 6.45) is -5.65. The summed E-state index contributed by atoms with van der Waals surface area (Å²) in [7, 11) is 1.56. The summed E-state index contributed by atoms with van der Waals surface area (Å²) >= 11 is 0. The maximum atomic E-state index is 12.9. The molecule has 5 atom stereocenters. The minimum atomic E-state index is -1.55. The Morgan fingerprint density at radius 1 is 0.968 bits per heavy atom. The third kappa shape index (κ3) is 4.01. The standard InChI is InChI=1S/C22H22O9/c1-28-12-4-2-11(3-5-12)15-10-29-16-8-13(6-7-14(16)18(15)24)30-22-21(27)20(26)19(25)17(9-23)31-22/h2-8,10,17,19-23,25-27H,9H2,1H3/t17-,19-,20-,21+,22+/m1/s1. The molecule has 164 valence electrons. The highest BCUT2D eigenvalue weighted by molar-refractivity contribution is 5.82. The number of hydrogen-bond acceptors (Lipinski definition) is 9. The quantitative estimate of drug-likeness (QED) is 0.459. The average molecular weight is 430 g/mol. The van der Waals surface area contributed by atoms with Crippen LogP contribution in [0.15, 0.2) is 57.9 Å².